The summed E-state index contributed by atoms with van der Waals surface area (Å²) in [6.07, 6.45) is 0. The second-order valence-corrected chi connectivity index (χ2v) is 5.12. The van der Waals surface area contributed by atoms with E-state index in [9.17, 15) is 4.79 Å². The molecule has 0 aliphatic carbocycles. The quantitative estimate of drug-likeness (QED) is 0.936. The van der Waals surface area contributed by atoms with Crippen LogP contribution in [0.25, 0.3) is 10.8 Å². The Labute approximate surface area is 114 Å². The molecule has 1 unspecified atom stereocenters. The van der Waals surface area contributed by atoms with Gasteiger partial charge >= 0.3 is 5.97 Å². The predicted molar refractivity (Wildman–Crippen MR) is 73.9 cm³/mol. The Morgan fingerprint density at radius 3 is 2.67 bits per heavy atom. The van der Waals surface area contributed by atoms with Crippen molar-refractivity contribution in [2.45, 2.75) is 6.92 Å². The molecule has 0 heterocycles. The van der Waals surface area contributed by atoms with Crippen molar-refractivity contribution in [3.05, 3.63) is 40.9 Å². The minimum absolute atomic E-state index is 0.178. The molecule has 1 atom stereocenters. The summed E-state index contributed by atoms with van der Waals surface area (Å²) < 4.78 is 6.51. The van der Waals surface area contributed by atoms with E-state index in [1.54, 1.807) is 6.92 Å². The first-order valence-corrected chi connectivity index (χ1v) is 6.40. The van der Waals surface area contributed by atoms with Gasteiger partial charge in [0.2, 0.25) is 0 Å². The van der Waals surface area contributed by atoms with Crippen molar-refractivity contribution < 1.29 is 14.6 Å². The zero-order valence-corrected chi connectivity index (χ0v) is 11.5. The van der Waals surface area contributed by atoms with Gasteiger partial charge in [0.1, 0.15) is 12.4 Å². The van der Waals surface area contributed by atoms with Crippen LogP contribution in [0.4, 0.5) is 0 Å². The Morgan fingerprint density at radius 2 is 1.94 bits per heavy atom. The Hall–Kier alpha value is -1.55. The topological polar surface area (TPSA) is 46.5 Å². The highest BCUT2D eigenvalue weighted by Crippen LogP contribution is 2.24. The molecule has 2 aromatic carbocycles. The molecule has 0 saturated carbocycles. The van der Waals surface area contributed by atoms with Crippen molar-refractivity contribution in [3.8, 4) is 5.75 Å². The highest BCUT2D eigenvalue weighted by atomic mass is 79.9. The van der Waals surface area contributed by atoms with Crippen molar-refractivity contribution in [3.63, 3.8) is 0 Å². The molecule has 3 nitrogen and oxygen atoms in total. The van der Waals surface area contributed by atoms with Gasteiger partial charge in [0.25, 0.3) is 0 Å². The number of benzene rings is 2. The lowest BCUT2D eigenvalue weighted by atomic mass is 10.1. The van der Waals surface area contributed by atoms with Crippen LogP contribution in [0, 0.1) is 5.92 Å². The maximum atomic E-state index is 10.7. The fourth-order valence-corrected chi connectivity index (χ4v) is 1.96. The molecule has 94 valence electrons. The summed E-state index contributed by atoms with van der Waals surface area (Å²) in [4.78, 5) is 10.7. The zero-order valence-electron chi connectivity index (χ0n) is 9.89. The van der Waals surface area contributed by atoms with Crippen LogP contribution < -0.4 is 4.74 Å². The number of fused-ring (bicyclic) bond motifs is 1. The fraction of sp³-hybridized carbons (Fsp3) is 0.214. The minimum atomic E-state index is -0.847. The molecule has 0 radical (unpaired) electrons. The largest absolute Gasteiger partial charge is 0.493 e. The summed E-state index contributed by atoms with van der Waals surface area (Å²) in [5.74, 6) is -0.664. The lowest BCUT2D eigenvalue weighted by Gasteiger charge is -2.10. The van der Waals surface area contributed by atoms with E-state index in [4.69, 9.17) is 9.84 Å². The number of carboxylic acids is 1. The van der Waals surface area contributed by atoms with E-state index >= 15 is 0 Å². The number of rotatable bonds is 4. The molecule has 4 heteroatoms. The first-order chi connectivity index (χ1) is 8.56. The van der Waals surface area contributed by atoms with Crippen molar-refractivity contribution in [1.82, 2.24) is 0 Å². The predicted octanol–water partition coefficient (Wildman–Crippen LogP) is 3.70. The van der Waals surface area contributed by atoms with Crippen LogP contribution in [0.5, 0.6) is 5.75 Å². The number of hydrogen-bond donors (Lipinski definition) is 1. The highest BCUT2D eigenvalue weighted by molar-refractivity contribution is 9.10. The Bertz CT molecular complexity index is 580. The molecule has 0 saturated heterocycles. The first kappa shape index (κ1) is 12.9. The summed E-state index contributed by atoms with van der Waals surface area (Å²) in [6, 6.07) is 11.7. The van der Waals surface area contributed by atoms with Gasteiger partial charge in [0, 0.05) is 4.47 Å². The second kappa shape index (κ2) is 5.40. The molecule has 0 aromatic heterocycles. The molecular formula is C14H13BrO3. The Balaban J connectivity index is 2.15. The van der Waals surface area contributed by atoms with Crippen molar-refractivity contribution in [2.75, 3.05) is 6.61 Å². The van der Waals surface area contributed by atoms with Gasteiger partial charge in [-0.25, -0.2) is 0 Å². The molecule has 0 aliphatic heterocycles. The standard InChI is InChI=1S/C14H13BrO3/c1-9(14(16)17)8-18-13-5-3-10-6-12(15)4-2-11(10)7-13/h2-7,9H,8H2,1H3,(H,16,17). The van der Waals surface area contributed by atoms with Gasteiger partial charge in [-0.15, -0.1) is 0 Å². The highest BCUT2D eigenvalue weighted by Gasteiger charge is 2.11. The first-order valence-electron chi connectivity index (χ1n) is 5.61. The van der Waals surface area contributed by atoms with Crippen molar-refractivity contribution in [1.29, 1.82) is 0 Å². The normalized spacial score (nSPS) is 12.3. The lowest BCUT2D eigenvalue weighted by molar-refractivity contribution is -0.142. The third-order valence-electron chi connectivity index (χ3n) is 2.70. The lowest BCUT2D eigenvalue weighted by Crippen LogP contribution is -2.17. The molecule has 0 bridgehead atoms. The van der Waals surface area contributed by atoms with Crippen molar-refractivity contribution >= 4 is 32.7 Å². The van der Waals surface area contributed by atoms with E-state index in [1.165, 1.54) is 0 Å². The van der Waals surface area contributed by atoms with Gasteiger partial charge in [-0.05, 0) is 42.0 Å². The van der Waals surface area contributed by atoms with E-state index in [1.807, 2.05) is 36.4 Å². The maximum absolute atomic E-state index is 10.7. The number of carbonyl (C=O) groups is 1. The number of hydrogen-bond acceptors (Lipinski definition) is 2. The molecule has 1 N–H and O–H groups in total. The summed E-state index contributed by atoms with van der Waals surface area (Å²) in [5.41, 5.74) is 0. The van der Waals surface area contributed by atoms with Crippen LogP contribution in [0.15, 0.2) is 40.9 Å². The molecule has 0 aliphatic rings. The van der Waals surface area contributed by atoms with Crippen LogP contribution in [-0.4, -0.2) is 17.7 Å². The molecular weight excluding hydrogens is 296 g/mol. The van der Waals surface area contributed by atoms with Gasteiger partial charge < -0.3 is 9.84 Å². The molecule has 0 spiro atoms. The van der Waals surface area contributed by atoms with Crippen LogP contribution in [0.1, 0.15) is 6.92 Å². The van der Waals surface area contributed by atoms with Crippen LogP contribution in [0.2, 0.25) is 0 Å². The average molecular weight is 309 g/mol. The number of carboxylic acid groups (broad SMARTS) is 1. The van der Waals surface area contributed by atoms with E-state index in [2.05, 4.69) is 15.9 Å². The number of halogens is 1. The molecule has 2 rings (SSSR count). The average Bonchev–Trinajstić information content (AvgIpc) is 2.35. The minimum Gasteiger partial charge on any atom is -0.493 e. The molecule has 0 amide bonds. The van der Waals surface area contributed by atoms with E-state index in [0.717, 1.165) is 15.2 Å². The third kappa shape index (κ3) is 3.01. The van der Waals surface area contributed by atoms with Gasteiger partial charge in [-0.3, -0.25) is 4.79 Å². The molecule has 0 fully saturated rings. The zero-order chi connectivity index (χ0) is 13.1. The summed E-state index contributed by atoms with van der Waals surface area (Å²) >= 11 is 3.42. The summed E-state index contributed by atoms with van der Waals surface area (Å²) in [6.45, 7) is 1.80. The van der Waals surface area contributed by atoms with E-state index < -0.39 is 11.9 Å². The van der Waals surface area contributed by atoms with E-state index in [0.29, 0.717) is 5.75 Å². The number of aliphatic carboxylic acids is 1. The summed E-state index contributed by atoms with van der Waals surface area (Å²) in [7, 11) is 0. The monoisotopic (exact) mass is 308 g/mol. The molecule has 2 aromatic rings. The Kier molecular flexibility index (Phi) is 3.87. The van der Waals surface area contributed by atoms with Crippen LogP contribution in [0.3, 0.4) is 0 Å². The van der Waals surface area contributed by atoms with Gasteiger partial charge in [0.05, 0.1) is 5.92 Å². The Morgan fingerprint density at radius 1 is 1.28 bits per heavy atom. The van der Waals surface area contributed by atoms with Gasteiger partial charge in [-0.2, -0.15) is 0 Å². The third-order valence-corrected chi connectivity index (χ3v) is 3.19. The van der Waals surface area contributed by atoms with Crippen molar-refractivity contribution in [2.24, 2.45) is 5.92 Å². The smallest absolute Gasteiger partial charge is 0.309 e. The maximum Gasteiger partial charge on any atom is 0.309 e. The van der Waals surface area contributed by atoms with Gasteiger partial charge in [-0.1, -0.05) is 28.1 Å². The molecule has 18 heavy (non-hydrogen) atoms. The second-order valence-electron chi connectivity index (χ2n) is 4.20. The van der Waals surface area contributed by atoms with Crippen LogP contribution in [-0.2, 0) is 4.79 Å². The summed E-state index contributed by atoms with van der Waals surface area (Å²) in [5, 5.41) is 11.0. The van der Waals surface area contributed by atoms with Gasteiger partial charge in [0.15, 0.2) is 0 Å². The fourth-order valence-electron chi connectivity index (χ4n) is 1.58. The van der Waals surface area contributed by atoms with Crippen LogP contribution >= 0.6 is 15.9 Å². The number of ether oxygens (including phenoxy) is 1. The SMILES string of the molecule is CC(COc1ccc2cc(Br)ccc2c1)C(=O)O. The van der Waals surface area contributed by atoms with E-state index in [-0.39, 0.29) is 6.61 Å².